The average molecular weight is 207 g/mol. The van der Waals surface area contributed by atoms with Gasteiger partial charge in [0.15, 0.2) is 0 Å². The molecular formula is C11H29NO2. The van der Waals surface area contributed by atoms with E-state index in [9.17, 15) is 0 Å². The van der Waals surface area contributed by atoms with E-state index in [1.54, 1.807) is 0 Å². The molecule has 0 aromatic rings. The highest BCUT2D eigenvalue weighted by atomic mass is 16.0. The molecule has 3 heteroatoms. The molecule has 0 spiro atoms. The maximum Gasteiger partial charge on any atom is -0.00192 e. The Kier molecular flexibility index (Phi) is 17.9. The van der Waals surface area contributed by atoms with Gasteiger partial charge in [0.25, 0.3) is 0 Å². The zero-order valence-electron chi connectivity index (χ0n) is 10.3. The lowest BCUT2D eigenvalue weighted by molar-refractivity contribution is 0.230. The van der Waals surface area contributed by atoms with Crippen molar-refractivity contribution in [1.82, 2.24) is 4.90 Å². The summed E-state index contributed by atoms with van der Waals surface area (Å²) in [6.45, 7) is 9.31. The molecule has 0 atom stereocenters. The number of unbranched alkanes of at least 4 members (excludes halogenated alkanes) is 1. The van der Waals surface area contributed by atoms with Crippen molar-refractivity contribution in [3.8, 4) is 0 Å². The van der Waals surface area contributed by atoms with Crippen LogP contribution in [0.4, 0.5) is 0 Å². The Morgan fingerprint density at radius 1 is 1.00 bits per heavy atom. The summed E-state index contributed by atoms with van der Waals surface area (Å²) >= 11 is 0. The molecule has 1 saturated heterocycles. The predicted octanol–water partition coefficient (Wildman–Crippen LogP) is 1.51. The van der Waals surface area contributed by atoms with Crippen molar-refractivity contribution in [2.75, 3.05) is 20.1 Å². The predicted molar refractivity (Wildman–Crippen MR) is 63.7 cm³/mol. The SMILES string of the molecule is CC1CCN(C)CC1.CCCC.O.O. The van der Waals surface area contributed by atoms with E-state index in [1.165, 1.54) is 38.8 Å². The Balaban J connectivity index is -0.000000180. The van der Waals surface area contributed by atoms with E-state index in [0.29, 0.717) is 0 Å². The van der Waals surface area contributed by atoms with Crippen LogP contribution in [0.3, 0.4) is 0 Å². The van der Waals surface area contributed by atoms with Crippen LogP contribution in [-0.4, -0.2) is 36.0 Å². The lowest BCUT2D eigenvalue weighted by Crippen LogP contribution is -2.28. The third-order valence-electron chi connectivity index (χ3n) is 2.51. The van der Waals surface area contributed by atoms with Crippen LogP contribution in [0.25, 0.3) is 0 Å². The van der Waals surface area contributed by atoms with Gasteiger partial charge in [-0.1, -0.05) is 33.6 Å². The van der Waals surface area contributed by atoms with Gasteiger partial charge in [-0.3, -0.25) is 0 Å². The first-order valence-electron chi connectivity index (χ1n) is 5.39. The minimum atomic E-state index is 0. The summed E-state index contributed by atoms with van der Waals surface area (Å²) in [6.07, 6.45) is 5.44. The average Bonchev–Trinajstić information content (AvgIpc) is 2.11. The van der Waals surface area contributed by atoms with Crippen LogP contribution < -0.4 is 0 Å². The molecule has 0 bridgehead atoms. The van der Waals surface area contributed by atoms with Crippen LogP contribution in [0, 0.1) is 5.92 Å². The molecule has 1 aliphatic rings. The Morgan fingerprint density at radius 2 is 1.36 bits per heavy atom. The largest absolute Gasteiger partial charge is 0.412 e. The van der Waals surface area contributed by atoms with Crippen LogP contribution in [0.2, 0.25) is 0 Å². The van der Waals surface area contributed by atoms with Crippen LogP contribution in [0.1, 0.15) is 46.5 Å². The molecule has 1 fully saturated rings. The van der Waals surface area contributed by atoms with Gasteiger partial charge in [0.05, 0.1) is 0 Å². The van der Waals surface area contributed by atoms with Crippen molar-refractivity contribution in [2.45, 2.75) is 46.5 Å². The van der Waals surface area contributed by atoms with Crippen molar-refractivity contribution in [2.24, 2.45) is 5.92 Å². The summed E-state index contributed by atoms with van der Waals surface area (Å²) in [5, 5.41) is 0. The van der Waals surface area contributed by atoms with Gasteiger partial charge in [0, 0.05) is 0 Å². The molecule has 0 aromatic heterocycles. The molecular weight excluding hydrogens is 178 g/mol. The molecule has 0 aromatic carbocycles. The molecule has 0 saturated carbocycles. The molecule has 1 heterocycles. The highest BCUT2D eigenvalue weighted by molar-refractivity contribution is 4.65. The second-order valence-electron chi connectivity index (χ2n) is 3.99. The Labute approximate surface area is 89.1 Å². The second kappa shape index (κ2) is 12.9. The number of rotatable bonds is 1. The molecule has 1 aliphatic heterocycles. The highest BCUT2D eigenvalue weighted by Crippen LogP contribution is 2.13. The maximum absolute atomic E-state index is 2.40. The highest BCUT2D eigenvalue weighted by Gasteiger charge is 2.10. The number of likely N-dealkylation sites (tertiary alicyclic amines) is 1. The zero-order valence-corrected chi connectivity index (χ0v) is 10.3. The summed E-state index contributed by atoms with van der Waals surface area (Å²) in [6, 6.07) is 0. The molecule has 4 N–H and O–H groups in total. The molecule has 14 heavy (non-hydrogen) atoms. The van der Waals surface area contributed by atoms with E-state index in [2.05, 4.69) is 32.7 Å². The van der Waals surface area contributed by atoms with Gasteiger partial charge >= 0.3 is 0 Å². The van der Waals surface area contributed by atoms with Crippen molar-refractivity contribution >= 4 is 0 Å². The standard InChI is InChI=1S/C7H15N.C4H10.2H2O/c1-7-3-5-8(2)6-4-7;1-3-4-2;;/h7H,3-6H2,1-2H3;3-4H2,1-2H3;2*1H2. The quantitative estimate of drug-likeness (QED) is 0.642. The van der Waals surface area contributed by atoms with Gasteiger partial charge in [-0.15, -0.1) is 0 Å². The third-order valence-corrected chi connectivity index (χ3v) is 2.51. The summed E-state index contributed by atoms with van der Waals surface area (Å²) < 4.78 is 0. The van der Waals surface area contributed by atoms with Crippen LogP contribution in [0.15, 0.2) is 0 Å². The first kappa shape index (κ1) is 19.5. The zero-order chi connectivity index (χ0) is 9.40. The lowest BCUT2D eigenvalue weighted by atomic mass is 10.00. The topological polar surface area (TPSA) is 66.2 Å². The fraction of sp³-hybridized carbons (Fsp3) is 1.00. The number of nitrogens with zero attached hydrogens (tertiary/aromatic N) is 1. The van der Waals surface area contributed by atoms with Crippen LogP contribution in [-0.2, 0) is 0 Å². The van der Waals surface area contributed by atoms with Crippen molar-refractivity contribution in [3.05, 3.63) is 0 Å². The molecule has 1 rings (SSSR count). The van der Waals surface area contributed by atoms with Gasteiger partial charge in [0.2, 0.25) is 0 Å². The van der Waals surface area contributed by atoms with E-state index in [-0.39, 0.29) is 11.0 Å². The van der Waals surface area contributed by atoms with E-state index >= 15 is 0 Å². The molecule has 0 radical (unpaired) electrons. The fourth-order valence-electron chi connectivity index (χ4n) is 1.14. The molecule has 3 nitrogen and oxygen atoms in total. The number of hydrogen-bond acceptors (Lipinski definition) is 1. The van der Waals surface area contributed by atoms with E-state index in [1.807, 2.05) is 0 Å². The van der Waals surface area contributed by atoms with Crippen molar-refractivity contribution in [3.63, 3.8) is 0 Å². The first-order chi connectivity index (χ1) is 5.70. The summed E-state index contributed by atoms with van der Waals surface area (Å²) in [4.78, 5) is 2.40. The Hall–Kier alpha value is -0.120. The second-order valence-corrected chi connectivity index (χ2v) is 3.99. The van der Waals surface area contributed by atoms with Gasteiger partial charge in [0.1, 0.15) is 0 Å². The minimum Gasteiger partial charge on any atom is -0.412 e. The normalized spacial score (nSPS) is 17.1. The van der Waals surface area contributed by atoms with Gasteiger partial charge in [-0.2, -0.15) is 0 Å². The molecule has 0 unspecified atom stereocenters. The Bertz CT molecular complexity index is 79.3. The third kappa shape index (κ3) is 11.9. The maximum atomic E-state index is 2.40. The monoisotopic (exact) mass is 207 g/mol. The summed E-state index contributed by atoms with van der Waals surface area (Å²) in [5.41, 5.74) is 0. The lowest BCUT2D eigenvalue weighted by Gasteiger charge is -2.26. The summed E-state index contributed by atoms with van der Waals surface area (Å²) in [7, 11) is 2.20. The Morgan fingerprint density at radius 3 is 1.57 bits per heavy atom. The van der Waals surface area contributed by atoms with Gasteiger partial charge in [-0.25, -0.2) is 0 Å². The fourth-order valence-corrected chi connectivity index (χ4v) is 1.14. The van der Waals surface area contributed by atoms with Crippen LogP contribution >= 0.6 is 0 Å². The number of piperidine rings is 1. The van der Waals surface area contributed by atoms with Crippen LogP contribution in [0.5, 0.6) is 0 Å². The molecule has 90 valence electrons. The van der Waals surface area contributed by atoms with Crippen molar-refractivity contribution in [1.29, 1.82) is 0 Å². The minimum absolute atomic E-state index is 0. The van der Waals surface area contributed by atoms with Crippen molar-refractivity contribution < 1.29 is 11.0 Å². The van der Waals surface area contributed by atoms with Gasteiger partial charge < -0.3 is 15.9 Å². The number of hydrogen-bond donors (Lipinski definition) is 0. The molecule has 0 amide bonds. The van der Waals surface area contributed by atoms with E-state index < -0.39 is 0 Å². The van der Waals surface area contributed by atoms with E-state index in [4.69, 9.17) is 0 Å². The smallest absolute Gasteiger partial charge is 0.00192 e. The first-order valence-corrected chi connectivity index (χ1v) is 5.39. The summed E-state index contributed by atoms with van der Waals surface area (Å²) in [5.74, 6) is 0.978. The van der Waals surface area contributed by atoms with Gasteiger partial charge in [-0.05, 0) is 38.9 Å². The molecule has 0 aliphatic carbocycles. The van der Waals surface area contributed by atoms with E-state index in [0.717, 1.165) is 5.92 Å².